The Labute approximate surface area is 169 Å². The summed E-state index contributed by atoms with van der Waals surface area (Å²) in [6.45, 7) is 3.70. The molecule has 1 fully saturated rings. The zero-order chi connectivity index (χ0) is 20.6. The zero-order valence-electron chi connectivity index (χ0n) is 16.3. The van der Waals surface area contributed by atoms with Gasteiger partial charge in [-0.2, -0.15) is 5.10 Å². The molecule has 154 valence electrons. The molecule has 0 saturated carbocycles. The molecule has 1 aromatic carbocycles. The number of nitrogens with one attached hydrogen (secondary N) is 1. The molecule has 3 heterocycles. The molecule has 2 aliphatic heterocycles. The molecular formula is C20H24N4O4S. The van der Waals surface area contributed by atoms with Crippen molar-refractivity contribution in [1.82, 2.24) is 20.0 Å². The number of nitrogens with zero attached hydrogens (tertiary/aromatic N) is 3. The van der Waals surface area contributed by atoms with Gasteiger partial charge in [-0.15, -0.1) is 0 Å². The molecular weight excluding hydrogens is 392 g/mol. The van der Waals surface area contributed by atoms with Crippen LogP contribution >= 0.6 is 0 Å². The standard InChI is InChI=1S/C20H24N4O4S/c1-14-4-2-5-15(10-14)12-23-7-3-8-24-18(20(23)26)11-17(22-24)19(25)21-16-6-9-29(27,28)13-16/h2,4-5,10-11,16H,3,6-9,12-13H2,1H3,(H,21,25). The van der Waals surface area contributed by atoms with Crippen molar-refractivity contribution in [1.29, 1.82) is 0 Å². The van der Waals surface area contributed by atoms with E-state index in [-0.39, 0.29) is 23.1 Å². The number of sulfone groups is 1. The second kappa shape index (κ2) is 7.62. The Kier molecular flexibility index (Phi) is 5.16. The molecule has 1 saturated heterocycles. The molecule has 0 aliphatic carbocycles. The van der Waals surface area contributed by atoms with Gasteiger partial charge in [-0.25, -0.2) is 8.42 Å². The van der Waals surface area contributed by atoms with E-state index in [1.165, 1.54) is 6.07 Å². The van der Waals surface area contributed by atoms with Crippen LogP contribution in [0.2, 0.25) is 0 Å². The van der Waals surface area contributed by atoms with E-state index >= 15 is 0 Å². The normalized spacial score (nSPS) is 20.9. The summed E-state index contributed by atoms with van der Waals surface area (Å²) in [5.41, 5.74) is 2.74. The molecule has 2 aliphatic rings. The number of rotatable bonds is 4. The molecule has 4 rings (SSSR count). The first-order chi connectivity index (χ1) is 13.8. The lowest BCUT2D eigenvalue weighted by Crippen LogP contribution is -2.36. The van der Waals surface area contributed by atoms with E-state index in [0.717, 1.165) is 17.5 Å². The summed E-state index contributed by atoms with van der Waals surface area (Å²) >= 11 is 0. The van der Waals surface area contributed by atoms with Crippen molar-refractivity contribution in [2.75, 3.05) is 18.1 Å². The zero-order valence-corrected chi connectivity index (χ0v) is 17.1. The molecule has 1 atom stereocenters. The summed E-state index contributed by atoms with van der Waals surface area (Å²) in [5, 5.41) is 7.03. The van der Waals surface area contributed by atoms with Crippen LogP contribution < -0.4 is 5.32 Å². The van der Waals surface area contributed by atoms with E-state index in [2.05, 4.69) is 16.5 Å². The summed E-state index contributed by atoms with van der Waals surface area (Å²) in [6.07, 6.45) is 1.15. The molecule has 0 radical (unpaired) electrons. The van der Waals surface area contributed by atoms with E-state index in [4.69, 9.17) is 0 Å². The summed E-state index contributed by atoms with van der Waals surface area (Å²) in [7, 11) is -3.08. The molecule has 8 nitrogen and oxygen atoms in total. The van der Waals surface area contributed by atoms with E-state index in [0.29, 0.717) is 31.7 Å². The lowest BCUT2D eigenvalue weighted by Gasteiger charge is -2.20. The van der Waals surface area contributed by atoms with Gasteiger partial charge in [0.15, 0.2) is 15.5 Å². The topological polar surface area (TPSA) is 101 Å². The van der Waals surface area contributed by atoms with Crippen LogP contribution in [0.15, 0.2) is 30.3 Å². The Morgan fingerprint density at radius 3 is 2.83 bits per heavy atom. The number of carbonyl (C=O) groups is 2. The van der Waals surface area contributed by atoms with Gasteiger partial charge in [0.05, 0.1) is 11.5 Å². The fourth-order valence-electron chi connectivity index (χ4n) is 3.90. The summed E-state index contributed by atoms with van der Waals surface area (Å²) in [4.78, 5) is 27.3. The highest BCUT2D eigenvalue weighted by Gasteiger charge is 2.31. The molecule has 0 spiro atoms. The third-order valence-corrected chi connectivity index (χ3v) is 7.11. The van der Waals surface area contributed by atoms with Gasteiger partial charge < -0.3 is 10.2 Å². The van der Waals surface area contributed by atoms with Crippen molar-refractivity contribution in [2.45, 2.75) is 38.9 Å². The average Bonchev–Trinajstić information content (AvgIpc) is 3.20. The van der Waals surface area contributed by atoms with Crippen LogP contribution in [-0.2, 0) is 22.9 Å². The molecule has 2 aromatic rings. The van der Waals surface area contributed by atoms with Crippen molar-refractivity contribution in [3.05, 3.63) is 52.8 Å². The third-order valence-electron chi connectivity index (χ3n) is 5.34. The first-order valence-electron chi connectivity index (χ1n) is 9.75. The molecule has 1 N–H and O–H groups in total. The quantitative estimate of drug-likeness (QED) is 0.806. The van der Waals surface area contributed by atoms with Crippen LogP contribution in [0.25, 0.3) is 0 Å². The maximum absolute atomic E-state index is 13.0. The molecule has 0 bridgehead atoms. The van der Waals surface area contributed by atoms with Gasteiger partial charge in [0.25, 0.3) is 11.8 Å². The van der Waals surface area contributed by atoms with Crippen molar-refractivity contribution >= 4 is 21.7 Å². The number of benzene rings is 1. The van der Waals surface area contributed by atoms with Crippen molar-refractivity contribution in [3.8, 4) is 0 Å². The highest BCUT2D eigenvalue weighted by Crippen LogP contribution is 2.18. The van der Waals surface area contributed by atoms with Crippen LogP contribution in [0.4, 0.5) is 0 Å². The smallest absolute Gasteiger partial charge is 0.272 e. The van der Waals surface area contributed by atoms with Gasteiger partial charge in [0, 0.05) is 31.7 Å². The number of amides is 2. The third kappa shape index (κ3) is 4.34. The fraction of sp³-hybridized carbons (Fsp3) is 0.450. The molecule has 29 heavy (non-hydrogen) atoms. The van der Waals surface area contributed by atoms with Gasteiger partial charge in [-0.3, -0.25) is 14.3 Å². The number of hydrogen-bond acceptors (Lipinski definition) is 5. The second-order valence-electron chi connectivity index (χ2n) is 7.78. The summed E-state index contributed by atoms with van der Waals surface area (Å²) < 4.78 is 24.8. The van der Waals surface area contributed by atoms with Gasteiger partial charge in [-0.1, -0.05) is 29.8 Å². The van der Waals surface area contributed by atoms with Gasteiger partial charge in [0.1, 0.15) is 5.69 Å². The average molecular weight is 417 g/mol. The Bertz CT molecular complexity index is 1060. The van der Waals surface area contributed by atoms with Crippen LogP contribution in [0.1, 0.15) is 44.9 Å². The van der Waals surface area contributed by atoms with E-state index in [1.54, 1.807) is 9.58 Å². The van der Waals surface area contributed by atoms with Crippen molar-refractivity contribution < 1.29 is 18.0 Å². The molecule has 1 aromatic heterocycles. The lowest BCUT2D eigenvalue weighted by molar-refractivity contribution is 0.0745. The number of aromatic nitrogens is 2. The van der Waals surface area contributed by atoms with Crippen LogP contribution in [-0.4, -0.2) is 59.0 Å². The molecule has 9 heteroatoms. The van der Waals surface area contributed by atoms with Gasteiger partial charge in [0.2, 0.25) is 0 Å². The van der Waals surface area contributed by atoms with Crippen LogP contribution in [0.5, 0.6) is 0 Å². The summed E-state index contributed by atoms with van der Waals surface area (Å²) in [6, 6.07) is 9.16. The Morgan fingerprint density at radius 1 is 1.28 bits per heavy atom. The SMILES string of the molecule is Cc1cccc(CN2CCCn3nc(C(=O)NC4CCS(=O)(=O)C4)cc3C2=O)c1. The minimum atomic E-state index is -3.08. The molecule has 1 unspecified atom stereocenters. The highest BCUT2D eigenvalue weighted by atomic mass is 32.2. The predicted octanol–water partition coefficient (Wildman–Crippen LogP) is 1.15. The van der Waals surface area contributed by atoms with Crippen LogP contribution in [0, 0.1) is 6.92 Å². The van der Waals surface area contributed by atoms with E-state index in [9.17, 15) is 18.0 Å². The second-order valence-corrected chi connectivity index (χ2v) is 10.0. The Hall–Kier alpha value is -2.68. The first kappa shape index (κ1) is 19.6. The van der Waals surface area contributed by atoms with Crippen LogP contribution in [0.3, 0.4) is 0 Å². The number of carbonyl (C=O) groups excluding carboxylic acids is 2. The largest absolute Gasteiger partial charge is 0.347 e. The van der Waals surface area contributed by atoms with Gasteiger partial charge >= 0.3 is 0 Å². The number of fused-ring (bicyclic) bond motifs is 1. The fourth-order valence-corrected chi connectivity index (χ4v) is 5.57. The van der Waals surface area contributed by atoms with Crippen molar-refractivity contribution in [3.63, 3.8) is 0 Å². The Morgan fingerprint density at radius 2 is 2.10 bits per heavy atom. The first-order valence-corrected chi connectivity index (χ1v) is 11.6. The summed E-state index contributed by atoms with van der Waals surface area (Å²) in [5.74, 6) is -0.552. The predicted molar refractivity (Wildman–Crippen MR) is 107 cm³/mol. The maximum atomic E-state index is 13.0. The monoisotopic (exact) mass is 416 g/mol. The Balaban J connectivity index is 1.49. The minimum absolute atomic E-state index is 0.0461. The van der Waals surface area contributed by atoms with Gasteiger partial charge in [-0.05, 0) is 25.3 Å². The van der Waals surface area contributed by atoms with E-state index < -0.39 is 21.8 Å². The number of aryl methyl sites for hydroxylation is 2. The van der Waals surface area contributed by atoms with Crippen molar-refractivity contribution in [2.24, 2.45) is 0 Å². The maximum Gasteiger partial charge on any atom is 0.272 e. The lowest BCUT2D eigenvalue weighted by atomic mass is 10.1. The van der Waals surface area contributed by atoms with E-state index in [1.807, 2.05) is 25.1 Å². The number of hydrogen-bond donors (Lipinski definition) is 1. The molecule has 2 amide bonds. The minimum Gasteiger partial charge on any atom is -0.347 e. The highest BCUT2D eigenvalue weighted by molar-refractivity contribution is 7.91.